The van der Waals surface area contributed by atoms with Gasteiger partial charge in [-0.05, 0) is 0 Å². The Labute approximate surface area is 58.0 Å². The van der Waals surface area contributed by atoms with Crippen LogP contribution >= 0.6 is 11.8 Å². The molecule has 0 saturated carbocycles. The van der Waals surface area contributed by atoms with E-state index in [-0.39, 0.29) is 0 Å². The molecule has 0 atom stereocenters. The molecule has 0 aromatic carbocycles. The zero-order valence-electron chi connectivity index (χ0n) is 4.82. The topological polar surface area (TPSA) is 37.1 Å². The second-order valence-corrected chi connectivity index (χ2v) is 2.33. The molecular formula is C5H6N3S. The lowest BCUT2D eigenvalue weighted by atomic mass is 10.8. The maximum atomic E-state index is 3.85. The molecule has 1 radical (unpaired) electrons. The Hall–Kier alpha value is -0.640. The van der Waals surface area contributed by atoms with Crippen LogP contribution in [0, 0.1) is 5.50 Å². The maximum Gasteiger partial charge on any atom is 0.276 e. The van der Waals surface area contributed by atoms with Gasteiger partial charge >= 0.3 is 0 Å². The van der Waals surface area contributed by atoms with Crippen molar-refractivity contribution in [3.63, 3.8) is 0 Å². The van der Waals surface area contributed by atoms with Gasteiger partial charge in [-0.3, -0.25) is 0 Å². The summed E-state index contributed by atoms with van der Waals surface area (Å²) in [4.78, 5) is 3.85. The molecule has 0 aromatic rings. The van der Waals surface area contributed by atoms with Crippen LogP contribution in [0.4, 0.5) is 0 Å². The minimum Gasteiger partial charge on any atom is -0.225 e. The quantitative estimate of drug-likeness (QED) is 0.551. The van der Waals surface area contributed by atoms with Crippen molar-refractivity contribution < 1.29 is 0 Å². The van der Waals surface area contributed by atoms with E-state index in [9.17, 15) is 0 Å². The summed E-state index contributed by atoms with van der Waals surface area (Å²) in [6, 6.07) is 0. The number of aliphatic imine (C=N–C) groups is 1. The first-order valence-electron chi connectivity index (χ1n) is 2.47. The molecule has 1 aliphatic rings. The fourth-order valence-corrected chi connectivity index (χ4v) is 0.869. The average molecular weight is 140 g/mol. The Morgan fingerprint density at radius 3 is 3.22 bits per heavy atom. The van der Waals surface area contributed by atoms with E-state index < -0.39 is 0 Å². The highest BCUT2D eigenvalue weighted by molar-refractivity contribution is 8.02. The molecule has 4 heteroatoms. The fraction of sp³-hybridized carbons (Fsp3) is 0.200. The van der Waals surface area contributed by atoms with Crippen molar-refractivity contribution in [2.45, 2.75) is 0 Å². The lowest BCUT2D eigenvalue weighted by molar-refractivity contribution is 1.15. The normalized spacial score (nSPS) is 16.9. The average Bonchev–Trinajstić information content (AvgIpc) is 2.34. The van der Waals surface area contributed by atoms with E-state index in [1.165, 1.54) is 18.1 Å². The van der Waals surface area contributed by atoms with E-state index in [1.807, 2.05) is 0 Å². The van der Waals surface area contributed by atoms with Crippen molar-refractivity contribution >= 4 is 18.1 Å². The predicted octanol–water partition coefficient (Wildman–Crippen LogP) is 1.85. The van der Waals surface area contributed by atoms with Gasteiger partial charge in [0.1, 0.15) is 6.34 Å². The zero-order valence-corrected chi connectivity index (χ0v) is 5.64. The van der Waals surface area contributed by atoms with Crippen LogP contribution in [0.3, 0.4) is 0 Å². The molecule has 0 saturated heterocycles. The molecule has 0 aliphatic carbocycles. The van der Waals surface area contributed by atoms with E-state index in [2.05, 4.69) is 21.8 Å². The third-order valence-electron chi connectivity index (χ3n) is 0.693. The molecule has 0 unspecified atom stereocenters. The molecule has 0 aromatic heterocycles. The molecular weight excluding hydrogens is 134 g/mol. The van der Waals surface area contributed by atoms with Crippen LogP contribution in [0.2, 0.25) is 0 Å². The predicted molar refractivity (Wildman–Crippen MR) is 39.2 cm³/mol. The monoisotopic (exact) mass is 140 g/mol. The Kier molecular flexibility index (Phi) is 2.45. The van der Waals surface area contributed by atoms with Gasteiger partial charge in [-0.25, -0.2) is 4.99 Å². The molecule has 0 N–H and O–H groups in total. The summed E-state index contributed by atoms with van der Waals surface area (Å²) < 4.78 is 0. The van der Waals surface area contributed by atoms with Gasteiger partial charge in [0, 0.05) is 5.75 Å². The van der Waals surface area contributed by atoms with E-state index in [1.54, 1.807) is 6.08 Å². The van der Waals surface area contributed by atoms with Crippen molar-refractivity contribution in [1.29, 1.82) is 0 Å². The van der Waals surface area contributed by atoms with Crippen molar-refractivity contribution in [2.24, 2.45) is 15.2 Å². The minimum absolute atomic E-state index is 0.718. The second-order valence-electron chi connectivity index (χ2n) is 1.34. The Bertz CT molecular complexity index is 140. The summed E-state index contributed by atoms with van der Waals surface area (Å²) in [7, 11) is 0. The molecule has 0 amide bonds. The van der Waals surface area contributed by atoms with E-state index in [4.69, 9.17) is 0 Å². The van der Waals surface area contributed by atoms with Crippen LogP contribution in [-0.2, 0) is 0 Å². The van der Waals surface area contributed by atoms with Crippen molar-refractivity contribution in [1.82, 2.24) is 0 Å². The van der Waals surface area contributed by atoms with E-state index in [0.717, 1.165) is 11.3 Å². The summed E-state index contributed by atoms with van der Waals surface area (Å²) in [5.41, 5.74) is 0.718. The van der Waals surface area contributed by atoms with Gasteiger partial charge in [0.05, 0.1) is 0 Å². The van der Waals surface area contributed by atoms with Gasteiger partial charge < -0.3 is 0 Å². The van der Waals surface area contributed by atoms with Gasteiger partial charge in [-0.1, -0.05) is 17.8 Å². The highest BCUT2D eigenvalue weighted by Gasteiger charge is 2.07. The third kappa shape index (κ3) is 1.97. The number of azo groups is 1. The van der Waals surface area contributed by atoms with Crippen LogP contribution < -0.4 is 0 Å². The van der Waals surface area contributed by atoms with E-state index in [0.29, 0.717) is 0 Å². The Balaban J connectivity index is 2.20. The van der Waals surface area contributed by atoms with Crippen LogP contribution in [0.25, 0.3) is 0 Å². The standard InChI is InChI=1S/C5H6N3S/c1-2-3-9-5-6-4-7-8-5/h2,4H,1,3H2. The summed E-state index contributed by atoms with van der Waals surface area (Å²) in [5.74, 6) is 0.839. The van der Waals surface area contributed by atoms with Gasteiger partial charge in [0.2, 0.25) is 0 Å². The molecule has 9 heavy (non-hydrogen) atoms. The van der Waals surface area contributed by atoms with Crippen molar-refractivity contribution in [3.8, 4) is 0 Å². The van der Waals surface area contributed by atoms with Crippen LogP contribution in [-0.4, -0.2) is 12.1 Å². The number of rotatable bonds is 3. The second kappa shape index (κ2) is 3.40. The lowest BCUT2D eigenvalue weighted by Gasteiger charge is -1.93. The number of hydrogen-bond donors (Lipinski definition) is 0. The summed E-state index contributed by atoms with van der Waals surface area (Å²) in [5, 5.41) is 7.27. The third-order valence-corrected chi connectivity index (χ3v) is 1.54. The van der Waals surface area contributed by atoms with Gasteiger partial charge in [-0.15, -0.1) is 16.8 Å². The minimum atomic E-state index is 0.718. The van der Waals surface area contributed by atoms with Crippen LogP contribution in [0.5, 0.6) is 0 Å². The molecule has 47 valence electrons. The van der Waals surface area contributed by atoms with Crippen molar-refractivity contribution in [3.05, 3.63) is 18.2 Å². The molecule has 1 aliphatic heterocycles. The smallest absolute Gasteiger partial charge is 0.225 e. The number of thioether (sulfide) groups is 1. The largest absolute Gasteiger partial charge is 0.276 e. The SMILES string of the molecule is C=CCS[C]1N=CN=N1. The first-order chi connectivity index (χ1) is 4.43. The fourth-order valence-electron chi connectivity index (χ4n) is 0.376. The molecule has 3 nitrogen and oxygen atoms in total. The summed E-state index contributed by atoms with van der Waals surface area (Å²) in [6.07, 6.45) is 3.24. The van der Waals surface area contributed by atoms with E-state index >= 15 is 0 Å². The highest BCUT2D eigenvalue weighted by Crippen LogP contribution is 2.24. The Morgan fingerprint density at radius 2 is 2.67 bits per heavy atom. The summed E-state index contributed by atoms with van der Waals surface area (Å²) >= 11 is 1.52. The maximum absolute atomic E-state index is 3.85. The molecule has 0 spiro atoms. The highest BCUT2D eigenvalue weighted by atomic mass is 32.2. The van der Waals surface area contributed by atoms with Crippen molar-refractivity contribution in [2.75, 3.05) is 5.75 Å². The first kappa shape index (κ1) is 6.48. The Morgan fingerprint density at radius 1 is 1.78 bits per heavy atom. The van der Waals surface area contributed by atoms with Gasteiger partial charge in [0.25, 0.3) is 5.50 Å². The van der Waals surface area contributed by atoms with Gasteiger partial charge in [0.15, 0.2) is 0 Å². The molecule has 1 heterocycles. The van der Waals surface area contributed by atoms with Gasteiger partial charge in [-0.2, -0.15) is 0 Å². The number of hydrogen-bond acceptors (Lipinski definition) is 4. The molecule has 1 rings (SSSR count). The lowest BCUT2D eigenvalue weighted by Crippen LogP contribution is -1.77. The van der Waals surface area contributed by atoms with Crippen LogP contribution in [0.15, 0.2) is 27.9 Å². The molecule has 0 bridgehead atoms. The first-order valence-corrected chi connectivity index (χ1v) is 3.46. The zero-order chi connectivity index (χ0) is 6.53. The van der Waals surface area contributed by atoms with Crippen LogP contribution in [0.1, 0.15) is 0 Å². The molecule has 0 fully saturated rings. The summed E-state index contributed by atoms with van der Waals surface area (Å²) in [6.45, 7) is 3.56. The number of nitrogens with zero attached hydrogens (tertiary/aromatic N) is 3.